The fraction of sp³-hybridized carbons (Fsp3) is 0.524. The first kappa shape index (κ1) is 21.1. The molecule has 0 aromatic heterocycles. The molecule has 1 heterocycles. The average Bonchev–Trinajstić information content (AvgIpc) is 2.59. The SMILES string of the molecule is C=C1CCC(CC(=O)c2cc(F)c(C)cc2CC)C(=O)N1.CCCC. The van der Waals surface area contributed by atoms with Gasteiger partial charge in [0.05, 0.1) is 0 Å². The molecule has 1 N–H and O–H groups in total. The van der Waals surface area contributed by atoms with Gasteiger partial charge in [0.1, 0.15) is 5.82 Å². The number of rotatable bonds is 5. The number of aryl methyl sites for hydroxylation is 2. The van der Waals surface area contributed by atoms with E-state index < -0.39 is 0 Å². The van der Waals surface area contributed by atoms with E-state index in [9.17, 15) is 14.0 Å². The molecule has 1 aromatic carbocycles. The number of nitrogens with one attached hydrogen (secondary N) is 1. The Morgan fingerprint density at radius 2 is 1.92 bits per heavy atom. The van der Waals surface area contributed by atoms with Gasteiger partial charge in [-0.3, -0.25) is 9.59 Å². The molecule has 1 fully saturated rings. The molecule has 1 amide bonds. The minimum Gasteiger partial charge on any atom is -0.330 e. The second kappa shape index (κ2) is 10.1. The molecule has 0 aliphatic carbocycles. The Hall–Kier alpha value is -1.97. The lowest BCUT2D eigenvalue weighted by atomic mass is 9.88. The summed E-state index contributed by atoms with van der Waals surface area (Å²) in [4.78, 5) is 24.3. The molecule has 25 heavy (non-hydrogen) atoms. The van der Waals surface area contributed by atoms with E-state index in [1.807, 2.05) is 6.92 Å². The van der Waals surface area contributed by atoms with Crippen LogP contribution in [0.25, 0.3) is 0 Å². The highest BCUT2D eigenvalue weighted by molar-refractivity contribution is 6.00. The summed E-state index contributed by atoms with van der Waals surface area (Å²) in [6.45, 7) is 11.7. The van der Waals surface area contributed by atoms with Gasteiger partial charge < -0.3 is 5.32 Å². The fourth-order valence-electron chi connectivity index (χ4n) is 2.64. The zero-order valence-corrected chi connectivity index (χ0v) is 15.9. The number of ketones is 1. The number of unbranched alkanes of at least 4 members (excludes halogenated alkanes) is 1. The van der Waals surface area contributed by atoms with Crippen LogP contribution >= 0.6 is 0 Å². The Morgan fingerprint density at radius 3 is 2.44 bits per heavy atom. The van der Waals surface area contributed by atoms with Crippen molar-refractivity contribution in [3.8, 4) is 0 Å². The van der Waals surface area contributed by atoms with E-state index in [2.05, 4.69) is 25.7 Å². The van der Waals surface area contributed by atoms with Crippen molar-refractivity contribution in [2.24, 2.45) is 5.92 Å². The molecular weight excluding hydrogens is 317 g/mol. The van der Waals surface area contributed by atoms with E-state index in [-0.39, 0.29) is 29.8 Å². The van der Waals surface area contributed by atoms with Gasteiger partial charge in [0.15, 0.2) is 5.78 Å². The molecule has 0 spiro atoms. The number of hydrogen-bond donors (Lipinski definition) is 1. The van der Waals surface area contributed by atoms with E-state index in [1.165, 1.54) is 18.9 Å². The van der Waals surface area contributed by atoms with Crippen molar-refractivity contribution in [1.82, 2.24) is 5.32 Å². The molecule has 0 bridgehead atoms. The number of allylic oxidation sites excluding steroid dienone is 1. The molecule has 4 heteroatoms. The van der Waals surface area contributed by atoms with Crippen LogP contribution in [0.2, 0.25) is 0 Å². The van der Waals surface area contributed by atoms with Crippen LogP contribution in [0, 0.1) is 18.7 Å². The summed E-state index contributed by atoms with van der Waals surface area (Å²) < 4.78 is 13.7. The smallest absolute Gasteiger partial charge is 0.227 e. The highest BCUT2D eigenvalue weighted by atomic mass is 19.1. The van der Waals surface area contributed by atoms with Crippen LogP contribution in [-0.4, -0.2) is 11.7 Å². The molecule has 1 atom stereocenters. The maximum atomic E-state index is 13.7. The van der Waals surface area contributed by atoms with Crippen molar-refractivity contribution < 1.29 is 14.0 Å². The number of amides is 1. The third-order valence-corrected chi connectivity index (χ3v) is 4.46. The van der Waals surface area contributed by atoms with Crippen molar-refractivity contribution in [2.75, 3.05) is 0 Å². The van der Waals surface area contributed by atoms with E-state index in [0.29, 0.717) is 36.1 Å². The van der Waals surface area contributed by atoms with E-state index in [0.717, 1.165) is 5.56 Å². The molecule has 2 rings (SSSR count). The predicted molar refractivity (Wildman–Crippen MR) is 100 cm³/mol. The third-order valence-electron chi connectivity index (χ3n) is 4.46. The second-order valence-electron chi connectivity index (χ2n) is 6.57. The zero-order chi connectivity index (χ0) is 19.0. The summed E-state index contributed by atoms with van der Waals surface area (Å²) in [5.41, 5.74) is 2.46. The van der Waals surface area contributed by atoms with Crippen LogP contribution in [-0.2, 0) is 11.2 Å². The molecule has 0 saturated carbocycles. The maximum absolute atomic E-state index is 13.7. The number of carbonyl (C=O) groups is 2. The number of carbonyl (C=O) groups excluding carboxylic acids is 2. The zero-order valence-electron chi connectivity index (χ0n) is 15.9. The van der Waals surface area contributed by atoms with Crippen LogP contribution in [0.1, 0.15) is 74.4 Å². The van der Waals surface area contributed by atoms with Gasteiger partial charge >= 0.3 is 0 Å². The minimum absolute atomic E-state index is 0.120. The van der Waals surface area contributed by atoms with Gasteiger partial charge in [-0.25, -0.2) is 4.39 Å². The van der Waals surface area contributed by atoms with Gasteiger partial charge in [-0.15, -0.1) is 0 Å². The molecular formula is C21H30FNO2. The van der Waals surface area contributed by atoms with Gasteiger partial charge in [-0.05, 0) is 43.4 Å². The first-order valence-electron chi connectivity index (χ1n) is 9.14. The molecule has 3 nitrogen and oxygen atoms in total. The first-order chi connectivity index (χ1) is 11.8. The van der Waals surface area contributed by atoms with Crippen molar-refractivity contribution >= 4 is 11.7 Å². The monoisotopic (exact) mass is 347 g/mol. The summed E-state index contributed by atoms with van der Waals surface area (Å²) in [7, 11) is 0. The predicted octanol–water partition coefficient (Wildman–Crippen LogP) is 5.12. The van der Waals surface area contributed by atoms with Crippen molar-refractivity contribution in [1.29, 1.82) is 0 Å². The first-order valence-corrected chi connectivity index (χ1v) is 9.14. The van der Waals surface area contributed by atoms with Crippen LogP contribution in [0.15, 0.2) is 24.4 Å². The largest absolute Gasteiger partial charge is 0.330 e. The highest BCUT2D eigenvalue weighted by Crippen LogP contribution is 2.24. The van der Waals surface area contributed by atoms with Crippen LogP contribution in [0.4, 0.5) is 4.39 Å². The van der Waals surface area contributed by atoms with Crippen molar-refractivity contribution in [3.63, 3.8) is 0 Å². The summed E-state index contributed by atoms with van der Waals surface area (Å²) in [6.07, 6.45) is 4.73. The number of Topliss-reactive ketones (excluding diaryl/α,β-unsaturated/α-hetero) is 1. The van der Waals surface area contributed by atoms with Gasteiger partial charge in [-0.2, -0.15) is 0 Å². The van der Waals surface area contributed by atoms with Gasteiger partial charge in [0.2, 0.25) is 5.91 Å². The summed E-state index contributed by atoms with van der Waals surface area (Å²) in [5.74, 6) is -1.06. The maximum Gasteiger partial charge on any atom is 0.227 e. The standard InChI is InChI=1S/C17H20FNO2.C4H10/c1-4-12-7-10(2)15(18)9-14(12)16(20)8-13-6-5-11(3)19-17(13)21;1-3-4-2/h7,9,13H,3-6,8H2,1-2H3,(H,19,21);3-4H2,1-2H3. The lowest BCUT2D eigenvalue weighted by molar-refractivity contribution is -0.125. The number of hydrogen-bond acceptors (Lipinski definition) is 2. The van der Waals surface area contributed by atoms with E-state index in [4.69, 9.17) is 0 Å². The third kappa shape index (κ3) is 6.11. The minimum atomic E-state index is -0.378. The lowest BCUT2D eigenvalue weighted by Crippen LogP contribution is -2.35. The molecule has 1 aromatic rings. The lowest BCUT2D eigenvalue weighted by Gasteiger charge is -2.23. The Bertz CT molecular complexity index is 635. The quantitative estimate of drug-likeness (QED) is 0.752. The number of halogens is 1. The van der Waals surface area contributed by atoms with E-state index >= 15 is 0 Å². The topological polar surface area (TPSA) is 46.2 Å². The van der Waals surface area contributed by atoms with Crippen LogP contribution in [0.5, 0.6) is 0 Å². The van der Waals surface area contributed by atoms with Gasteiger partial charge in [0.25, 0.3) is 0 Å². The summed E-state index contributed by atoms with van der Waals surface area (Å²) >= 11 is 0. The molecule has 138 valence electrons. The Balaban J connectivity index is 0.000000705. The molecule has 1 saturated heterocycles. The second-order valence-corrected chi connectivity index (χ2v) is 6.57. The van der Waals surface area contributed by atoms with Gasteiger partial charge in [-0.1, -0.05) is 46.3 Å². The van der Waals surface area contributed by atoms with E-state index in [1.54, 1.807) is 13.0 Å². The Morgan fingerprint density at radius 1 is 1.28 bits per heavy atom. The Kier molecular flexibility index (Phi) is 8.53. The normalized spacial score (nSPS) is 16.8. The number of benzene rings is 1. The van der Waals surface area contributed by atoms with Crippen molar-refractivity contribution in [3.05, 3.63) is 46.9 Å². The van der Waals surface area contributed by atoms with Crippen LogP contribution < -0.4 is 5.32 Å². The van der Waals surface area contributed by atoms with Gasteiger partial charge in [0, 0.05) is 23.6 Å². The highest BCUT2D eigenvalue weighted by Gasteiger charge is 2.27. The molecule has 1 aliphatic heterocycles. The van der Waals surface area contributed by atoms with Crippen molar-refractivity contribution in [2.45, 2.75) is 66.2 Å². The summed E-state index contributed by atoms with van der Waals surface area (Å²) in [5, 5.41) is 2.68. The molecule has 0 radical (unpaired) electrons. The Labute approximate surface area is 150 Å². The fourth-order valence-corrected chi connectivity index (χ4v) is 2.64. The molecule has 1 aliphatic rings. The molecule has 1 unspecified atom stereocenters. The summed E-state index contributed by atoms with van der Waals surface area (Å²) in [6, 6.07) is 3.02. The average molecular weight is 347 g/mol. The van der Waals surface area contributed by atoms with Crippen LogP contribution in [0.3, 0.4) is 0 Å². The number of piperidine rings is 1.